The summed E-state index contributed by atoms with van der Waals surface area (Å²) in [6, 6.07) is 5.99. The molecule has 104 valence electrons. The SMILES string of the molecule is CCN(C(=O)Cc1ccccc1F)C(C)(C)C(=O)O. The lowest BCUT2D eigenvalue weighted by molar-refractivity contribution is -0.156. The van der Waals surface area contributed by atoms with Crippen LogP contribution in [0.1, 0.15) is 26.3 Å². The van der Waals surface area contributed by atoms with Crippen molar-refractivity contribution in [2.45, 2.75) is 32.7 Å². The zero-order valence-corrected chi connectivity index (χ0v) is 11.3. The van der Waals surface area contributed by atoms with Crippen molar-refractivity contribution in [1.29, 1.82) is 0 Å². The minimum absolute atomic E-state index is 0.142. The predicted octanol–water partition coefficient (Wildman–Crippen LogP) is 2.08. The number of amides is 1. The summed E-state index contributed by atoms with van der Waals surface area (Å²) in [5.74, 6) is -1.95. The lowest BCUT2D eigenvalue weighted by Crippen LogP contribution is -2.53. The minimum atomic E-state index is -1.31. The molecule has 0 fully saturated rings. The monoisotopic (exact) mass is 267 g/mol. The molecule has 0 aliphatic carbocycles. The Morgan fingerprint density at radius 3 is 2.37 bits per heavy atom. The minimum Gasteiger partial charge on any atom is -0.480 e. The van der Waals surface area contributed by atoms with Crippen LogP contribution in [-0.2, 0) is 16.0 Å². The van der Waals surface area contributed by atoms with Crippen molar-refractivity contribution < 1.29 is 19.1 Å². The quantitative estimate of drug-likeness (QED) is 0.888. The fourth-order valence-electron chi connectivity index (χ4n) is 1.90. The Balaban J connectivity index is 2.93. The van der Waals surface area contributed by atoms with Gasteiger partial charge in [0, 0.05) is 6.54 Å². The number of carboxylic acid groups (broad SMARTS) is 1. The Hall–Kier alpha value is -1.91. The maximum atomic E-state index is 13.5. The van der Waals surface area contributed by atoms with Crippen LogP contribution in [0.2, 0.25) is 0 Å². The molecule has 0 spiro atoms. The van der Waals surface area contributed by atoms with Gasteiger partial charge in [-0.3, -0.25) is 4.79 Å². The van der Waals surface area contributed by atoms with Crippen molar-refractivity contribution in [3.63, 3.8) is 0 Å². The van der Waals surface area contributed by atoms with E-state index in [-0.39, 0.29) is 18.5 Å². The molecule has 0 unspecified atom stereocenters. The molecule has 1 aromatic carbocycles. The summed E-state index contributed by atoms with van der Waals surface area (Å²) in [6.07, 6.45) is -0.142. The molecule has 1 rings (SSSR count). The van der Waals surface area contributed by atoms with Crippen molar-refractivity contribution in [2.75, 3.05) is 6.54 Å². The van der Waals surface area contributed by atoms with Crippen LogP contribution in [0.25, 0.3) is 0 Å². The van der Waals surface area contributed by atoms with Crippen LogP contribution in [0.5, 0.6) is 0 Å². The van der Waals surface area contributed by atoms with Crippen molar-refractivity contribution in [3.05, 3.63) is 35.6 Å². The van der Waals surface area contributed by atoms with E-state index in [2.05, 4.69) is 0 Å². The summed E-state index contributed by atoms with van der Waals surface area (Å²) in [4.78, 5) is 24.6. The molecular formula is C14H18FNO3. The van der Waals surface area contributed by atoms with Gasteiger partial charge in [0.2, 0.25) is 5.91 Å². The number of carbonyl (C=O) groups excluding carboxylic acids is 1. The van der Waals surface area contributed by atoms with E-state index in [1.54, 1.807) is 19.1 Å². The Labute approximate surface area is 111 Å². The molecule has 0 saturated carbocycles. The number of carbonyl (C=O) groups is 2. The number of nitrogens with zero attached hydrogens (tertiary/aromatic N) is 1. The zero-order valence-electron chi connectivity index (χ0n) is 11.3. The Morgan fingerprint density at radius 2 is 1.89 bits per heavy atom. The van der Waals surface area contributed by atoms with E-state index in [1.165, 1.54) is 30.9 Å². The van der Waals surface area contributed by atoms with Gasteiger partial charge in [-0.1, -0.05) is 18.2 Å². The summed E-state index contributed by atoms with van der Waals surface area (Å²) >= 11 is 0. The van der Waals surface area contributed by atoms with Gasteiger partial charge in [0.1, 0.15) is 11.4 Å². The first kappa shape index (κ1) is 15.1. The van der Waals surface area contributed by atoms with Crippen LogP contribution in [-0.4, -0.2) is 34.0 Å². The molecule has 0 aromatic heterocycles. The maximum Gasteiger partial charge on any atom is 0.329 e. The fourth-order valence-corrected chi connectivity index (χ4v) is 1.90. The van der Waals surface area contributed by atoms with Gasteiger partial charge >= 0.3 is 5.97 Å². The van der Waals surface area contributed by atoms with E-state index in [0.717, 1.165) is 0 Å². The first-order valence-corrected chi connectivity index (χ1v) is 6.08. The molecule has 0 aliphatic rings. The number of aliphatic carboxylic acids is 1. The Kier molecular flexibility index (Phi) is 4.64. The zero-order chi connectivity index (χ0) is 14.6. The fraction of sp³-hybridized carbons (Fsp3) is 0.429. The molecule has 0 radical (unpaired) electrons. The summed E-state index contributed by atoms with van der Waals surface area (Å²) in [5, 5.41) is 9.14. The van der Waals surface area contributed by atoms with E-state index < -0.39 is 23.2 Å². The van der Waals surface area contributed by atoms with Gasteiger partial charge in [-0.05, 0) is 32.4 Å². The van der Waals surface area contributed by atoms with Crippen molar-refractivity contribution in [2.24, 2.45) is 0 Å². The normalized spacial score (nSPS) is 11.2. The summed E-state index contributed by atoms with van der Waals surface area (Å²) < 4.78 is 13.5. The number of halogens is 1. The highest BCUT2D eigenvalue weighted by Gasteiger charge is 2.36. The Bertz CT molecular complexity index is 485. The van der Waals surface area contributed by atoms with E-state index >= 15 is 0 Å². The average Bonchev–Trinajstić information content (AvgIpc) is 2.32. The Morgan fingerprint density at radius 1 is 1.32 bits per heavy atom. The van der Waals surface area contributed by atoms with Gasteiger partial charge in [0.05, 0.1) is 6.42 Å². The number of likely N-dealkylation sites (N-methyl/N-ethyl adjacent to an activating group) is 1. The summed E-state index contributed by atoms with van der Waals surface area (Å²) in [6.45, 7) is 4.87. The van der Waals surface area contributed by atoms with E-state index in [0.29, 0.717) is 0 Å². The van der Waals surface area contributed by atoms with Crippen molar-refractivity contribution >= 4 is 11.9 Å². The second-order valence-corrected chi connectivity index (χ2v) is 4.77. The van der Waals surface area contributed by atoms with E-state index in [1.807, 2.05) is 0 Å². The largest absolute Gasteiger partial charge is 0.480 e. The van der Waals surface area contributed by atoms with E-state index in [4.69, 9.17) is 5.11 Å². The lowest BCUT2D eigenvalue weighted by atomic mass is 10.0. The molecule has 0 bridgehead atoms. The van der Waals surface area contributed by atoms with Gasteiger partial charge in [-0.15, -0.1) is 0 Å². The maximum absolute atomic E-state index is 13.5. The molecule has 1 N–H and O–H groups in total. The first-order valence-electron chi connectivity index (χ1n) is 6.08. The lowest BCUT2D eigenvalue weighted by Gasteiger charge is -2.34. The standard InChI is InChI=1S/C14H18FNO3/c1-4-16(14(2,3)13(18)19)12(17)9-10-7-5-6-8-11(10)15/h5-8H,4,9H2,1-3H3,(H,18,19). The molecule has 0 aliphatic heterocycles. The second-order valence-electron chi connectivity index (χ2n) is 4.77. The molecule has 0 saturated heterocycles. The predicted molar refractivity (Wildman–Crippen MR) is 69.2 cm³/mol. The van der Waals surface area contributed by atoms with Crippen molar-refractivity contribution in [1.82, 2.24) is 4.90 Å². The summed E-state index contributed by atoms with van der Waals surface area (Å²) in [7, 11) is 0. The molecule has 0 atom stereocenters. The van der Waals surface area contributed by atoms with Gasteiger partial charge < -0.3 is 10.0 Å². The number of benzene rings is 1. The van der Waals surface area contributed by atoms with Gasteiger partial charge in [0.15, 0.2) is 0 Å². The third kappa shape index (κ3) is 3.30. The summed E-state index contributed by atoms with van der Waals surface area (Å²) in [5.41, 5.74) is -1.04. The molecule has 5 heteroatoms. The molecule has 1 aromatic rings. The highest BCUT2D eigenvalue weighted by atomic mass is 19.1. The molecule has 1 amide bonds. The third-order valence-electron chi connectivity index (χ3n) is 3.11. The number of rotatable bonds is 5. The van der Waals surface area contributed by atoms with Crippen LogP contribution in [0.3, 0.4) is 0 Å². The van der Waals surface area contributed by atoms with Crippen LogP contribution >= 0.6 is 0 Å². The third-order valence-corrected chi connectivity index (χ3v) is 3.11. The highest BCUT2D eigenvalue weighted by molar-refractivity contribution is 5.87. The molecule has 0 heterocycles. The molecule has 19 heavy (non-hydrogen) atoms. The van der Waals surface area contributed by atoms with Crippen LogP contribution in [0.4, 0.5) is 4.39 Å². The molecular weight excluding hydrogens is 249 g/mol. The smallest absolute Gasteiger partial charge is 0.329 e. The first-order chi connectivity index (χ1) is 8.80. The van der Waals surface area contributed by atoms with Crippen LogP contribution in [0.15, 0.2) is 24.3 Å². The number of hydrogen-bond acceptors (Lipinski definition) is 2. The topological polar surface area (TPSA) is 57.6 Å². The van der Waals surface area contributed by atoms with Crippen LogP contribution in [0, 0.1) is 5.82 Å². The number of carboxylic acids is 1. The van der Waals surface area contributed by atoms with E-state index in [9.17, 15) is 14.0 Å². The van der Waals surface area contributed by atoms with Gasteiger partial charge in [-0.25, -0.2) is 9.18 Å². The highest BCUT2D eigenvalue weighted by Crippen LogP contribution is 2.17. The molecule has 4 nitrogen and oxygen atoms in total. The van der Waals surface area contributed by atoms with Gasteiger partial charge in [-0.2, -0.15) is 0 Å². The van der Waals surface area contributed by atoms with Gasteiger partial charge in [0.25, 0.3) is 0 Å². The van der Waals surface area contributed by atoms with Crippen LogP contribution < -0.4 is 0 Å². The van der Waals surface area contributed by atoms with Crippen molar-refractivity contribution in [3.8, 4) is 0 Å². The number of hydrogen-bond donors (Lipinski definition) is 1. The average molecular weight is 267 g/mol. The second kappa shape index (κ2) is 5.82.